The Morgan fingerprint density at radius 2 is 1.27 bits per heavy atom. The standard InChI is InChI=1S/C47H32N4S/c1-29-15-21-35-33(25-29)9-8-11-36(35)46-47-45(37-10-2-3-14-44(37)52-47)38-26-32(20-22-39(38)51-46)30-16-18-31(19-17-30)34-27-42(40-12-4-6-23-48-40)50-43(28-34)41-13-5-7-24-49-41/h2-24,26-29H,25H2,1H3. The van der Waals surface area contributed by atoms with E-state index in [9.17, 15) is 0 Å². The molecule has 5 aromatic heterocycles. The third-order valence-corrected chi connectivity index (χ3v) is 11.3. The summed E-state index contributed by atoms with van der Waals surface area (Å²) in [4.78, 5) is 19.5. The minimum absolute atomic E-state index is 0.543. The fourth-order valence-electron chi connectivity index (χ4n) is 7.56. The molecule has 5 heteroatoms. The highest BCUT2D eigenvalue weighted by Crippen LogP contribution is 2.45. The van der Waals surface area contributed by atoms with E-state index in [1.807, 2.05) is 47.7 Å². The smallest absolute Gasteiger partial charge is 0.0900 e. The van der Waals surface area contributed by atoms with Gasteiger partial charge in [-0.2, -0.15) is 0 Å². The lowest BCUT2D eigenvalue weighted by Crippen LogP contribution is -2.04. The van der Waals surface area contributed by atoms with E-state index in [0.717, 1.165) is 62.7 Å². The summed E-state index contributed by atoms with van der Waals surface area (Å²) in [6, 6.07) is 47.1. The minimum atomic E-state index is 0.543. The highest BCUT2D eigenvalue weighted by Gasteiger charge is 2.21. The van der Waals surface area contributed by atoms with E-state index in [0.29, 0.717) is 5.92 Å². The number of allylic oxidation sites excluding steroid dienone is 1. The molecular formula is C47H32N4S. The number of benzene rings is 4. The van der Waals surface area contributed by atoms with Crippen LogP contribution >= 0.6 is 11.3 Å². The predicted octanol–water partition coefficient (Wildman–Crippen LogP) is 12.3. The molecule has 0 saturated carbocycles. The lowest BCUT2D eigenvalue weighted by molar-refractivity contribution is 0.717. The fraction of sp³-hybridized carbons (Fsp3) is 0.0638. The Balaban J connectivity index is 1.09. The molecule has 1 aliphatic rings. The summed E-state index contributed by atoms with van der Waals surface area (Å²) in [7, 11) is 0. The van der Waals surface area contributed by atoms with Gasteiger partial charge in [0, 0.05) is 38.8 Å². The van der Waals surface area contributed by atoms with Crippen LogP contribution in [0.3, 0.4) is 0 Å². The molecule has 0 radical (unpaired) electrons. The van der Waals surface area contributed by atoms with Crippen LogP contribution in [0, 0.1) is 5.92 Å². The average molecular weight is 685 g/mol. The van der Waals surface area contributed by atoms with Gasteiger partial charge in [-0.25, -0.2) is 9.97 Å². The number of rotatable bonds is 5. The van der Waals surface area contributed by atoms with E-state index >= 15 is 0 Å². The maximum atomic E-state index is 5.41. The van der Waals surface area contributed by atoms with Crippen LogP contribution in [0.1, 0.15) is 18.1 Å². The van der Waals surface area contributed by atoms with Crippen LogP contribution in [0.25, 0.3) is 93.4 Å². The van der Waals surface area contributed by atoms with Crippen molar-refractivity contribution >= 4 is 48.5 Å². The van der Waals surface area contributed by atoms with Crippen LogP contribution in [0.15, 0.2) is 152 Å². The van der Waals surface area contributed by atoms with E-state index in [2.05, 4.69) is 126 Å². The number of pyridine rings is 4. The van der Waals surface area contributed by atoms with Crippen molar-refractivity contribution in [2.45, 2.75) is 13.3 Å². The maximum absolute atomic E-state index is 5.41. The second kappa shape index (κ2) is 12.5. The van der Waals surface area contributed by atoms with E-state index < -0.39 is 0 Å². The van der Waals surface area contributed by atoms with Crippen molar-refractivity contribution in [1.82, 2.24) is 19.9 Å². The Morgan fingerprint density at radius 1 is 0.577 bits per heavy atom. The van der Waals surface area contributed by atoms with E-state index in [-0.39, 0.29) is 0 Å². The SMILES string of the molecule is CC1C=Cc2c(cccc2-c2nc3ccc(-c4ccc(-c5cc(-c6ccccn6)nc(-c6ccccn6)c5)cc4)cc3c3c2sc2ccccc23)C1. The van der Waals surface area contributed by atoms with Gasteiger partial charge in [0.15, 0.2) is 0 Å². The van der Waals surface area contributed by atoms with Gasteiger partial charge in [0.1, 0.15) is 0 Å². The number of nitrogens with zero attached hydrogens (tertiary/aromatic N) is 4. The van der Waals surface area contributed by atoms with Gasteiger partial charge in [-0.3, -0.25) is 9.97 Å². The highest BCUT2D eigenvalue weighted by molar-refractivity contribution is 7.26. The Kier molecular flexibility index (Phi) is 7.33. The van der Waals surface area contributed by atoms with Gasteiger partial charge in [-0.1, -0.05) is 97.9 Å². The van der Waals surface area contributed by atoms with Crippen LogP contribution in [-0.2, 0) is 6.42 Å². The monoisotopic (exact) mass is 684 g/mol. The molecule has 4 nitrogen and oxygen atoms in total. The fourth-order valence-corrected chi connectivity index (χ4v) is 8.78. The third kappa shape index (κ3) is 5.29. The molecule has 0 fully saturated rings. The largest absolute Gasteiger partial charge is 0.255 e. The molecule has 246 valence electrons. The number of fused-ring (bicyclic) bond motifs is 6. The van der Waals surface area contributed by atoms with Crippen LogP contribution < -0.4 is 0 Å². The van der Waals surface area contributed by atoms with Crippen molar-refractivity contribution in [2.24, 2.45) is 5.92 Å². The topological polar surface area (TPSA) is 51.6 Å². The van der Waals surface area contributed by atoms with Crippen molar-refractivity contribution in [3.63, 3.8) is 0 Å². The number of hydrogen-bond donors (Lipinski definition) is 0. The first-order chi connectivity index (χ1) is 25.7. The molecule has 1 aliphatic carbocycles. The molecule has 9 aromatic rings. The van der Waals surface area contributed by atoms with Crippen molar-refractivity contribution < 1.29 is 0 Å². The second-order valence-electron chi connectivity index (χ2n) is 13.5. The zero-order chi connectivity index (χ0) is 34.6. The molecule has 0 bridgehead atoms. The summed E-state index contributed by atoms with van der Waals surface area (Å²) in [5.41, 5.74) is 13.8. The van der Waals surface area contributed by atoms with Crippen LogP contribution in [0.2, 0.25) is 0 Å². The van der Waals surface area contributed by atoms with Gasteiger partial charge in [-0.15, -0.1) is 11.3 Å². The highest BCUT2D eigenvalue weighted by atomic mass is 32.1. The molecule has 4 aromatic carbocycles. The van der Waals surface area contributed by atoms with E-state index in [1.54, 1.807) is 12.4 Å². The molecule has 0 amide bonds. The zero-order valence-electron chi connectivity index (χ0n) is 28.5. The summed E-state index contributed by atoms with van der Waals surface area (Å²) in [6.07, 6.45) is 9.31. The lowest BCUT2D eigenvalue weighted by atomic mass is 9.87. The van der Waals surface area contributed by atoms with Gasteiger partial charge in [0.05, 0.1) is 38.7 Å². The zero-order valence-corrected chi connectivity index (χ0v) is 29.3. The summed E-state index contributed by atoms with van der Waals surface area (Å²) >= 11 is 1.85. The first kappa shape index (κ1) is 30.5. The van der Waals surface area contributed by atoms with Gasteiger partial charge in [0.25, 0.3) is 0 Å². The Morgan fingerprint density at radius 3 is 2.00 bits per heavy atom. The molecule has 0 aliphatic heterocycles. The minimum Gasteiger partial charge on any atom is -0.255 e. The molecular weight excluding hydrogens is 653 g/mol. The second-order valence-corrected chi connectivity index (χ2v) is 14.6. The molecule has 0 saturated heterocycles. The normalized spacial score (nSPS) is 13.9. The molecule has 0 spiro atoms. The molecule has 52 heavy (non-hydrogen) atoms. The van der Waals surface area contributed by atoms with Gasteiger partial charge >= 0.3 is 0 Å². The quantitative estimate of drug-likeness (QED) is 0.181. The Labute approximate surface area is 305 Å². The maximum Gasteiger partial charge on any atom is 0.0900 e. The summed E-state index contributed by atoms with van der Waals surface area (Å²) < 4.78 is 2.52. The van der Waals surface area contributed by atoms with Crippen molar-refractivity contribution in [1.29, 1.82) is 0 Å². The Hall–Kier alpha value is -6.30. The van der Waals surface area contributed by atoms with Gasteiger partial charge < -0.3 is 0 Å². The van der Waals surface area contributed by atoms with Crippen molar-refractivity contribution in [3.8, 4) is 56.3 Å². The summed E-state index contributed by atoms with van der Waals surface area (Å²) in [5, 5.41) is 3.74. The van der Waals surface area contributed by atoms with Gasteiger partial charge in [0.2, 0.25) is 0 Å². The molecule has 0 N–H and O–H groups in total. The van der Waals surface area contributed by atoms with E-state index in [4.69, 9.17) is 9.97 Å². The average Bonchev–Trinajstić information content (AvgIpc) is 3.61. The first-order valence-electron chi connectivity index (χ1n) is 17.7. The van der Waals surface area contributed by atoms with Crippen LogP contribution in [0.4, 0.5) is 0 Å². The number of hydrogen-bond acceptors (Lipinski definition) is 5. The third-order valence-electron chi connectivity index (χ3n) is 10.1. The number of thiophene rings is 1. The van der Waals surface area contributed by atoms with Crippen LogP contribution in [0.5, 0.6) is 0 Å². The molecule has 5 heterocycles. The predicted molar refractivity (Wildman–Crippen MR) is 217 cm³/mol. The van der Waals surface area contributed by atoms with Crippen molar-refractivity contribution in [3.05, 3.63) is 163 Å². The molecule has 1 unspecified atom stereocenters. The first-order valence-corrected chi connectivity index (χ1v) is 18.5. The summed E-state index contributed by atoms with van der Waals surface area (Å²) in [6.45, 7) is 2.29. The van der Waals surface area contributed by atoms with Gasteiger partial charge in [-0.05, 0) is 100 Å². The summed E-state index contributed by atoms with van der Waals surface area (Å²) in [5.74, 6) is 0.543. The number of aromatic nitrogens is 4. The van der Waals surface area contributed by atoms with Crippen LogP contribution in [-0.4, -0.2) is 19.9 Å². The van der Waals surface area contributed by atoms with E-state index in [1.165, 1.54) is 42.2 Å². The molecule has 1 atom stereocenters. The van der Waals surface area contributed by atoms with Crippen molar-refractivity contribution in [2.75, 3.05) is 0 Å². The molecule has 10 rings (SSSR count). The Bertz CT molecular complexity index is 2760. The lowest BCUT2D eigenvalue weighted by Gasteiger charge is -2.19.